The van der Waals surface area contributed by atoms with Crippen LogP contribution in [0.2, 0.25) is 0 Å². The zero-order valence-corrected chi connectivity index (χ0v) is 26.5. The van der Waals surface area contributed by atoms with Crippen LogP contribution >= 0.6 is 0 Å². The summed E-state index contributed by atoms with van der Waals surface area (Å²) >= 11 is 0. The molecular weight excluding hydrogens is 599 g/mol. The lowest BCUT2D eigenvalue weighted by Crippen LogP contribution is -2.37. The summed E-state index contributed by atoms with van der Waals surface area (Å²) in [5, 5.41) is 2.71. The van der Waals surface area contributed by atoms with E-state index in [9.17, 15) is 9.18 Å². The minimum Gasteiger partial charge on any atom is -0.370 e. The number of nitrogens with one attached hydrogen (secondary N) is 1. The molecule has 6 aromatic rings. The van der Waals surface area contributed by atoms with Crippen molar-refractivity contribution in [3.8, 4) is 0 Å². The van der Waals surface area contributed by atoms with Gasteiger partial charge in [-0.15, -0.1) is 0 Å². The van der Waals surface area contributed by atoms with Gasteiger partial charge >= 0.3 is 0 Å². The van der Waals surface area contributed by atoms with Gasteiger partial charge in [0.05, 0.1) is 12.0 Å². The first-order valence-corrected chi connectivity index (χ1v) is 16.0. The van der Waals surface area contributed by atoms with Gasteiger partial charge in [-0.1, -0.05) is 109 Å². The van der Waals surface area contributed by atoms with E-state index in [0.29, 0.717) is 25.1 Å². The number of halogens is 1. The first kappa shape index (κ1) is 32.1. The second-order valence-corrected chi connectivity index (χ2v) is 11.6. The van der Waals surface area contributed by atoms with Crippen molar-refractivity contribution in [1.82, 2.24) is 19.9 Å². The molecule has 3 N–H and O–H groups in total. The maximum absolute atomic E-state index is 13.6. The van der Waals surface area contributed by atoms with E-state index in [1.807, 2.05) is 42.7 Å². The zero-order valence-electron chi connectivity index (χ0n) is 26.5. The number of nitrogens with two attached hydrogens (primary N) is 1. The van der Waals surface area contributed by atoms with Crippen LogP contribution in [-0.4, -0.2) is 32.9 Å². The van der Waals surface area contributed by atoms with Gasteiger partial charge in [0.2, 0.25) is 5.91 Å². The minimum absolute atomic E-state index is 0.0562. The fourth-order valence-corrected chi connectivity index (χ4v) is 6.21. The lowest BCUT2D eigenvalue weighted by Gasteiger charge is -2.37. The molecule has 240 valence electrons. The van der Waals surface area contributed by atoms with Gasteiger partial charge < -0.3 is 10.3 Å². The molecule has 6 rings (SSSR count). The number of amides is 1. The van der Waals surface area contributed by atoms with Crippen molar-refractivity contribution < 1.29 is 9.18 Å². The number of nitrogens with zero attached hydrogens (tertiary/aromatic N) is 4. The van der Waals surface area contributed by atoms with E-state index in [1.165, 1.54) is 12.1 Å². The summed E-state index contributed by atoms with van der Waals surface area (Å²) in [6, 6.07) is 43.1. The third kappa shape index (κ3) is 7.23. The molecule has 0 saturated carbocycles. The Morgan fingerprint density at radius 2 is 1.38 bits per heavy atom. The van der Waals surface area contributed by atoms with E-state index in [1.54, 1.807) is 18.3 Å². The van der Waals surface area contributed by atoms with Gasteiger partial charge in [0.1, 0.15) is 11.4 Å². The fourth-order valence-electron chi connectivity index (χ4n) is 6.21. The average molecular weight is 637 g/mol. The quantitative estimate of drug-likeness (QED) is 0.0665. The summed E-state index contributed by atoms with van der Waals surface area (Å²) in [5.41, 5.74) is 11.3. The normalized spacial score (nSPS) is 12.4. The second-order valence-electron chi connectivity index (χ2n) is 11.6. The van der Waals surface area contributed by atoms with E-state index < -0.39 is 5.54 Å². The highest BCUT2D eigenvalue weighted by Gasteiger charge is 2.38. The summed E-state index contributed by atoms with van der Waals surface area (Å²) < 4.78 is 15.8. The fraction of sp³-hybridized carbons (Fsp3) is 0.150. The van der Waals surface area contributed by atoms with E-state index in [2.05, 4.69) is 98.9 Å². The molecule has 0 bridgehead atoms. The smallest absolute Gasteiger partial charge is 0.227 e. The number of benzene rings is 4. The molecule has 1 unspecified atom stereocenters. The molecule has 0 aliphatic carbocycles. The molecule has 0 radical (unpaired) electrons. The molecule has 7 nitrogen and oxygen atoms in total. The summed E-state index contributed by atoms with van der Waals surface area (Å²) in [5.74, 6) is -0.937. The van der Waals surface area contributed by atoms with Crippen molar-refractivity contribution in [1.29, 1.82) is 0 Å². The predicted molar refractivity (Wildman–Crippen MR) is 187 cm³/mol. The van der Waals surface area contributed by atoms with Gasteiger partial charge in [-0.05, 0) is 59.4 Å². The molecule has 1 atom stereocenters. The van der Waals surface area contributed by atoms with Crippen LogP contribution in [0.15, 0.2) is 157 Å². The number of aromatic nitrogens is 3. The predicted octanol–water partition coefficient (Wildman–Crippen LogP) is 6.84. The first-order valence-electron chi connectivity index (χ1n) is 16.0. The van der Waals surface area contributed by atoms with E-state index in [0.717, 1.165) is 27.9 Å². The summed E-state index contributed by atoms with van der Waals surface area (Å²) in [4.78, 5) is 26.6. The number of rotatable bonds is 12. The largest absolute Gasteiger partial charge is 0.370 e. The third-order valence-electron chi connectivity index (χ3n) is 8.45. The molecule has 1 amide bonds. The van der Waals surface area contributed by atoms with Crippen molar-refractivity contribution in [3.63, 3.8) is 0 Å². The van der Waals surface area contributed by atoms with E-state index >= 15 is 0 Å². The lowest BCUT2D eigenvalue weighted by atomic mass is 9.77. The number of hydrogen-bond acceptors (Lipinski definition) is 4. The van der Waals surface area contributed by atoms with Crippen molar-refractivity contribution in [2.75, 3.05) is 6.54 Å². The van der Waals surface area contributed by atoms with Crippen molar-refractivity contribution in [2.24, 2.45) is 10.7 Å². The van der Waals surface area contributed by atoms with Gasteiger partial charge in [-0.3, -0.25) is 20.1 Å². The number of carbonyl (C=O) groups excluding carboxylic acids is 1. The molecule has 2 aromatic heterocycles. The Labute approximate surface area is 280 Å². The molecule has 8 heteroatoms. The zero-order chi connectivity index (χ0) is 33.2. The monoisotopic (exact) mass is 636 g/mol. The summed E-state index contributed by atoms with van der Waals surface area (Å²) in [6.45, 7) is 0.418. The van der Waals surface area contributed by atoms with Crippen LogP contribution in [0.4, 0.5) is 4.39 Å². The number of hydrogen-bond donors (Lipinski definition) is 2. The Morgan fingerprint density at radius 1 is 0.792 bits per heavy atom. The molecule has 2 heterocycles. The van der Waals surface area contributed by atoms with Gasteiger partial charge in [-0.2, -0.15) is 0 Å². The van der Waals surface area contributed by atoms with Gasteiger partial charge in [0.25, 0.3) is 0 Å². The van der Waals surface area contributed by atoms with Crippen LogP contribution in [-0.2, 0) is 16.8 Å². The minimum atomic E-state index is -0.622. The van der Waals surface area contributed by atoms with Crippen LogP contribution in [0.3, 0.4) is 0 Å². The Bertz CT molecular complexity index is 1830. The van der Waals surface area contributed by atoms with E-state index in [-0.39, 0.29) is 30.0 Å². The molecule has 0 fully saturated rings. The van der Waals surface area contributed by atoms with Crippen LogP contribution in [0, 0.1) is 5.82 Å². The third-order valence-corrected chi connectivity index (χ3v) is 8.45. The maximum atomic E-state index is 13.6. The standard InChI is InChI=1S/C40H37FN6O/c41-34-23-21-30(22-24-34)36(37-20-10-11-25-43-37)27-38(48)46-39(42)44-26-12-19-35-28-47(29-45-35)40(31-13-4-1-5-14-31,32-15-6-2-7-16-32)33-17-8-3-9-18-33/h1-11,13-18,20-25,28-29,36H,12,19,26-27H2,(H3,42,44,46,48). The highest BCUT2D eigenvalue weighted by molar-refractivity contribution is 5.96. The Hall–Kier alpha value is -5.89. The second kappa shape index (κ2) is 15.1. The molecule has 4 aromatic carbocycles. The number of carbonyl (C=O) groups is 1. The molecule has 0 spiro atoms. The highest BCUT2D eigenvalue weighted by Crippen LogP contribution is 2.40. The summed E-state index contributed by atoms with van der Waals surface area (Å²) in [6.07, 6.45) is 7.14. The van der Waals surface area contributed by atoms with Crippen LogP contribution in [0.5, 0.6) is 0 Å². The van der Waals surface area contributed by atoms with Gasteiger partial charge in [0.15, 0.2) is 5.96 Å². The average Bonchev–Trinajstić information content (AvgIpc) is 3.61. The number of guanidine groups is 1. The SMILES string of the molecule is NC(=NCCCc1cn(C(c2ccccc2)(c2ccccc2)c2ccccc2)cn1)NC(=O)CC(c1ccc(F)cc1)c1ccccn1. The molecule has 0 saturated heterocycles. The molecule has 0 aliphatic heterocycles. The number of imidazole rings is 1. The number of pyridine rings is 1. The maximum Gasteiger partial charge on any atom is 0.227 e. The van der Waals surface area contributed by atoms with Gasteiger partial charge in [-0.25, -0.2) is 9.37 Å². The van der Waals surface area contributed by atoms with Crippen molar-refractivity contribution in [3.05, 3.63) is 192 Å². The lowest BCUT2D eigenvalue weighted by molar-refractivity contribution is -0.119. The Morgan fingerprint density at radius 3 is 1.94 bits per heavy atom. The molecule has 0 aliphatic rings. The van der Waals surface area contributed by atoms with Crippen LogP contribution in [0.1, 0.15) is 52.4 Å². The van der Waals surface area contributed by atoms with Gasteiger partial charge in [0, 0.05) is 37.0 Å². The Balaban J connectivity index is 1.14. The topological polar surface area (TPSA) is 98.2 Å². The first-order chi connectivity index (χ1) is 23.5. The number of aliphatic imine (C=N–C) groups is 1. The van der Waals surface area contributed by atoms with Crippen molar-refractivity contribution in [2.45, 2.75) is 30.7 Å². The van der Waals surface area contributed by atoms with E-state index in [4.69, 9.17) is 10.7 Å². The van der Waals surface area contributed by atoms with Crippen LogP contribution < -0.4 is 11.1 Å². The summed E-state index contributed by atoms with van der Waals surface area (Å²) in [7, 11) is 0. The molecule has 48 heavy (non-hydrogen) atoms. The number of aryl methyl sites for hydroxylation is 1. The Kier molecular flexibility index (Phi) is 10.1. The molecular formula is C40H37FN6O. The highest BCUT2D eigenvalue weighted by atomic mass is 19.1. The van der Waals surface area contributed by atoms with Crippen molar-refractivity contribution >= 4 is 11.9 Å². The van der Waals surface area contributed by atoms with Crippen LogP contribution in [0.25, 0.3) is 0 Å².